The van der Waals surface area contributed by atoms with Crippen LogP contribution in [0.15, 0.2) is 18.2 Å². The third-order valence-electron chi connectivity index (χ3n) is 3.42. The van der Waals surface area contributed by atoms with Gasteiger partial charge in [0.25, 0.3) is 0 Å². The van der Waals surface area contributed by atoms with E-state index < -0.39 is 0 Å². The highest BCUT2D eigenvalue weighted by atomic mass is 16.7. The first-order valence-corrected chi connectivity index (χ1v) is 6.54. The maximum atomic E-state index is 12.0. The van der Waals surface area contributed by atoms with Crippen LogP contribution in [-0.4, -0.2) is 43.1 Å². The van der Waals surface area contributed by atoms with Gasteiger partial charge < -0.3 is 14.4 Å². The number of ether oxygens (including phenoxy) is 2. The summed E-state index contributed by atoms with van der Waals surface area (Å²) in [5.41, 5.74) is 0.737. The SMILES string of the molecule is N#CCCN1C(=O)CN(c2ccc3c(c2)OCO3)CC1=O. The van der Waals surface area contributed by atoms with Crippen molar-refractivity contribution in [2.24, 2.45) is 0 Å². The third kappa shape index (κ3) is 2.48. The first-order chi connectivity index (χ1) is 10.2. The van der Waals surface area contributed by atoms with Gasteiger partial charge in [-0.25, -0.2) is 0 Å². The Morgan fingerprint density at radius 2 is 1.86 bits per heavy atom. The molecule has 1 aromatic carbocycles. The molecule has 0 spiro atoms. The van der Waals surface area contributed by atoms with Gasteiger partial charge in [-0.2, -0.15) is 5.26 Å². The number of fused-ring (bicyclic) bond motifs is 1. The number of piperazine rings is 1. The van der Waals surface area contributed by atoms with Gasteiger partial charge in [-0.3, -0.25) is 14.5 Å². The Bertz CT molecular complexity index is 620. The Morgan fingerprint density at radius 3 is 2.57 bits per heavy atom. The van der Waals surface area contributed by atoms with Crippen LogP contribution < -0.4 is 14.4 Å². The standard InChI is InChI=1S/C14H13N3O4/c15-4-1-5-17-13(18)7-16(8-14(17)19)10-2-3-11-12(6-10)21-9-20-11/h2-3,6H,1,5,7-9H2. The first kappa shape index (κ1) is 13.2. The highest BCUT2D eigenvalue weighted by molar-refractivity contribution is 6.02. The number of anilines is 1. The molecule has 7 nitrogen and oxygen atoms in total. The van der Waals surface area contributed by atoms with Gasteiger partial charge in [0.05, 0.1) is 25.6 Å². The molecule has 108 valence electrons. The Hall–Kier alpha value is -2.75. The summed E-state index contributed by atoms with van der Waals surface area (Å²) >= 11 is 0. The van der Waals surface area contributed by atoms with E-state index in [9.17, 15) is 9.59 Å². The van der Waals surface area contributed by atoms with Crippen molar-refractivity contribution in [2.75, 3.05) is 31.3 Å². The lowest BCUT2D eigenvalue weighted by molar-refractivity contribution is -0.145. The van der Waals surface area contributed by atoms with Crippen LogP contribution in [0.5, 0.6) is 11.5 Å². The van der Waals surface area contributed by atoms with E-state index in [4.69, 9.17) is 14.7 Å². The van der Waals surface area contributed by atoms with Crippen LogP contribution in [0.4, 0.5) is 5.69 Å². The second-order valence-electron chi connectivity index (χ2n) is 4.74. The molecule has 0 aliphatic carbocycles. The molecule has 1 saturated heterocycles. The van der Waals surface area contributed by atoms with E-state index in [1.165, 1.54) is 0 Å². The molecule has 3 rings (SSSR count). The van der Waals surface area contributed by atoms with Crippen molar-refractivity contribution in [3.8, 4) is 17.6 Å². The fraction of sp³-hybridized carbons (Fsp3) is 0.357. The van der Waals surface area contributed by atoms with Crippen LogP contribution in [0, 0.1) is 11.3 Å². The smallest absolute Gasteiger partial charge is 0.248 e. The van der Waals surface area contributed by atoms with Crippen LogP contribution in [-0.2, 0) is 9.59 Å². The Balaban J connectivity index is 1.75. The minimum Gasteiger partial charge on any atom is -0.454 e. The summed E-state index contributed by atoms with van der Waals surface area (Å²) in [5, 5.41) is 8.55. The zero-order valence-corrected chi connectivity index (χ0v) is 11.2. The van der Waals surface area contributed by atoms with Crippen molar-refractivity contribution in [2.45, 2.75) is 6.42 Å². The molecule has 0 aromatic heterocycles. The average molecular weight is 287 g/mol. The summed E-state index contributed by atoms with van der Waals surface area (Å²) in [6.45, 7) is 0.551. The molecule has 7 heteroatoms. The largest absolute Gasteiger partial charge is 0.454 e. The molecular weight excluding hydrogens is 274 g/mol. The van der Waals surface area contributed by atoms with E-state index in [-0.39, 0.29) is 44.7 Å². The highest BCUT2D eigenvalue weighted by Gasteiger charge is 2.31. The number of carbonyl (C=O) groups excluding carboxylic acids is 2. The maximum absolute atomic E-state index is 12.0. The topological polar surface area (TPSA) is 82.9 Å². The van der Waals surface area contributed by atoms with E-state index in [1.807, 2.05) is 6.07 Å². The molecule has 0 saturated carbocycles. The molecule has 0 unspecified atom stereocenters. The average Bonchev–Trinajstić information content (AvgIpc) is 2.93. The van der Waals surface area contributed by atoms with E-state index in [0.717, 1.165) is 10.6 Å². The molecular formula is C14H13N3O4. The first-order valence-electron chi connectivity index (χ1n) is 6.54. The summed E-state index contributed by atoms with van der Waals surface area (Å²) < 4.78 is 10.5. The zero-order chi connectivity index (χ0) is 14.8. The lowest BCUT2D eigenvalue weighted by atomic mass is 10.2. The molecule has 2 amide bonds. The van der Waals surface area contributed by atoms with Crippen molar-refractivity contribution in [1.29, 1.82) is 5.26 Å². The van der Waals surface area contributed by atoms with Crippen LogP contribution in [0.2, 0.25) is 0 Å². The summed E-state index contributed by atoms with van der Waals surface area (Å²) in [6.07, 6.45) is 0.154. The number of imide groups is 1. The van der Waals surface area contributed by atoms with Crippen molar-refractivity contribution in [3.05, 3.63) is 18.2 Å². The molecule has 0 N–H and O–H groups in total. The maximum Gasteiger partial charge on any atom is 0.248 e. The fourth-order valence-electron chi connectivity index (χ4n) is 2.37. The molecule has 2 heterocycles. The summed E-state index contributed by atoms with van der Waals surface area (Å²) in [7, 11) is 0. The minimum atomic E-state index is -0.292. The number of rotatable bonds is 3. The van der Waals surface area contributed by atoms with Crippen LogP contribution in [0.3, 0.4) is 0 Å². The van der Waals surface area contributed by atoms with Gasteiger partial charge >= 0.3 is 0 Å². The molecule has 0 atom stereocenters. The molecule has 2 aliphatic heterocycles. The van der Waals surface area contributed by atoms with Crippen LogP contribution >= 0.6 is 0 Å². The van der Waals surface area contributed by atoms with Crippen molar-refractivity contribution in [1.82, 2.24) is 4.90 Å². The minimum absolute atomic E-state index is 0.108. The van der Waals surface area contributed by atoms with Gasteiger partial charge in [0.2, 0.25) is 18.6 Å². The van der Waals surface area contributed by atoms with Gasteiger partial charge in [-0.15, -0.1) is 0 Å². The van der Waals surface area contributed by atoms with Crippen LogP contribution in [0.1, 0.15) is 6.42 Å². The van der Waals surface area contributed by atoms with E-state index in [2.05, 4.69) is 0 Å². The van der Waals surface area contributed by atoms with E-state index in [1.54, 1.807) is 23.1 Å². The summed E-state index contributed by atoms with van der Waals surface area (Å²) in [4.78, 5) is 26.9. The Morgan fingerprint density at radius 1 is 1.14 bits per heavy atom. The number of amides is 2. The van der Waals surface area contributed by atoms with Crippen molar-refractivity contribution in [3.63, 3.8) is 0 Å². The van der Waals surface area contributed by atoms with Gasteiger partial charge in [0.15, 0.2) is 11.5 Å². The van der Waals surface area contributed by atoms with Gasteiger partial charge in [-0.05, 0) is 12.1 Å². The lowest BCUT2D eigenvalue weighted by Crippen LogP contribution is -2.54. The van der Waals surface area contributed by atoms with Crippen LogP contribution in [0.25, 0.3) is 0 Å². The van der Waals surface area contributed by atoms with Gasteiger partial charge in [0.1, 0.15) is 0 Å². The van der Waals surface area contributed by atoms with Crippen molar-refractivity contribution < 1.29 is 19.1 Å². The van der Waals surface area contributed by atoms with E-state index in [0.29, 0.717) is 11.5 Å². The molecule has 21 heavy (non-hydrogen) atoms. The summed E-state index contributed by atoms with van der Waals surface area (Å²) in [6, 6.07) is 7.24. The highest BCUT2D eigenvalue weighted by Crippen LogP contribution is 2.35. The molecule has 2 aliphatic rings. The number of benzene rings is 1. The lowest BCUT2D eigenvalue weighted by Gasteiger charge is -2.33. The predicted octanol–water partition coefficient (Wildman–Crippen LogP) is 0.504. The second kappa shape index (κ2) is 5.32. The van der Waals surface area contributed by atoms with Gasteiger partial charge in [-0.1, -0.05) is 0 Å². The predicted molar refractivity (Wildman–Crippen MR) is 71.7 cm³/mol. The molecule has 1 fully saturated rings. The van der Waals surface area contributed by atoms with Gasteiger partial charge in [0, 0.05) is 18.3 Å². The zero-order valence-electron chi connectivity index (χ0n) is 11.2. The normalized spacial score (nSPS) is 17.1. The Labute approximate surface area is 121 Å². The Kier molecular flexibility index (Phi) is 3.36. The molecule has 0 bridgehead atoms. The van der Waals surface area contributed by atoms with Crippen molar-refractivity contribution >= 4 is 17.5 Å². The number of carbonyl (C=O) groups is 2. The van der Waals surface area contributed by atoms with E-state index >= 15 is 0 Å². The molecule has 1 aromatic rings. The summed E-state index contributed by atoms with van der Waals surface area (Å²) in [5.74, 6) is 0.682. The number of hydrogen-bond donors (Lipinski definition) is 0. The monoisotopic (exact) mass is 287 g/mol. The molecule has 0 radical (unpaired) electrons. The quantitative estimate of drug-likeness (QED) is 0.753. The number of nitriles is 1. The third-order valence-corrected chi connectivity index (χ3v) is 3.42. The fourth-order valence-corrected chi connectivity index (χ4v) is 2.37. The number of nitrogens with zero attached hydrogens (tertiary/aromatic N) is 3. The number of hydrogen-bond acceptors (Lipinski definition) is 6. The second-order valence-corrected chi connectivity index (χ2v) is 4.74.